The quantitative estimate of drug-likeness (QED) is 0.546. The van der Waals surface area contributed by atoms with Gasteiger partial charge in [0.15, 0.2) is 0 Å². The van der Waals surface area contributed by atoms with E-state index in [0.29, 0.717) is 5.69 Å². The number of nitrogens with one attached hydrogen (secondary N) is 1. The number of hydrogen-bond acceptors (Lipinski definition) is 6. The van der Waals surface area contributed by atoms with Crippen LogP contribution in [0, 0.1) is 5.92 Å². The zero-order chi connectivity index (χ0) is 22.9. The fourth-order valence-electron chi connectivity index (χ4n) is 3.15. The molecule has 31 heavy (non-hydrogen) atoms. The van der Waals surface area contributed by atoms with Gasteiger partial charge >= 0.3 is 12.1 Å². The first kappa shape index (κ1) is 23.0. The van der Waals surface area contributed by atoms with Gasteiger partial charge in [0.1, 0.15) is 6.04 Å². The van der Waals surface area contributed by atoms with E-state index in [2.05, 4.69) is 4.72 Å². The minimum Gasteiger partial charge on any atom is -0.480 e. The molecule has 1 atom stereocenters. The standard InChI is InChI=1S/C21H24N2O6S2/c1-5-29-21(26)23(4)13-6-8-15-16-9-7-14(11-18(16)30-17(15)10-13)31(27,28)22-19(12(2)3)20(24)25/h6-12,19,22H,5H2,1-4H3,(H,24,25)/t19-/m0/s1. The summed E-state index contributed by atoms with van der Waals surface area (Å²) in [5.74, 6) is -1.63. The minimum atomic E-state index is -4.01. The lowest BCUT2D eigenvalue weighted by molar-refractivity contribution is -0.140. The molecule has 2 aromatic carbocycles. The molecule has 1 aromatic heterocycles. The molecule has 0 saturated heterocycles. The number of carboxylic acids is 1. The summed E-state index contributed by atoms with van der Waals surface area (Å²) in [6.07, 6.45) is -0.458. The van der Waals surface area contributed by atoms with Gasteiger partial charge in [-0.25, -0.2) is 13.2 Å². The smallest absolute Gasteiger partial charge is 0.413 e. The Labute approximate surface area is 184 Å². The molecule has 0 spiro atoms. The number of benzene rings is 2. The van der Waals surface area contributed by atoms with E-state index in [0.717, 1.165) is 20.2 Å². The highest BCUT2D eigenvalue weighted by molar-refractivity contribution is 7.89. The second-order valence-corrected chi connectivity index (χ2v) is 10.2. The van der Waals surface area contributed by atoms with E-state index < -0.39 is 34.0 Å². The van der Waals surface area contributed by atoms with Crippen molar-refractivity contribution < 1.29 is 27.9 Å². The molecule has 0 aliphatic carbocycles. The molecule has 0 aliphatic rings. The van der Waals surface area contributed by atoms with Crippen molar-refractivity contribution in [2.24, 2.45) is 5.92 Å². The Balaban J connectivity index is 1.99. The molecule has 166 valence electrons. The van der Waals surface area contributed by atoms with Crippen molar-refractivity contribution in [2.75, 3.05) is 18.6 Å². The highest BCUT2D eigenvalue weighted by Gasteiger charge is 2.28. The highest BCUT2D eigenvalue weighted by atomic mass is 32.2. The molecule has 8 nitrogen and oxygen atoms in total. The number of carboxylic acid groups (broad SMARTS) is 1. The number of carbonyl (C=O) groups excluding carboxylic acids is 1. The summed E-state index contributed by atoms with van der Waals surface area (Å²) in [7, 11) is -2.39. The van der Waals surface area contributed by atoms with Crippen LogP contribution in [-0.2, 0) is 19.6 Å². The molecule has 0 saturated carbocycles. The second kappa shape index (κ2) is 8.81. The molecule has 1 amide bonds. The van der Waals surface area contributed by atoms with E-state index in [-0.39, 0.29) is 11.5 Å². The topological polar surface area (TPSA) is 113 Å². The molecule has 3 rings (SSSR count). The molecular weight excluding hydrogens is 440 g/mol. The van der Waals surface area contributed by atoms with Crippen molar-refractivity contribution in [3.05, 3.63) is 36.4 Å². The van der Waals surface area contributed by atoms with E-state index in [4.69, 9.17) is 4.74 Å². The van der Waals surface area contributed by atoms with Gasteiger partial charge in [0, 0.05) is 32.9 Å². The number of fused-ring (bicyclic) bond motifs is 3. The number of hydrogen-bond donors (Lipinski definition) is 2. The lowest BCUT2D eigenvalue weighted by Crippen LogP contribution is -2.44. The highest BCUT2D eigenvalue weighted by Crippen LogP contribution is 2.37. The Morgan fingerprint density at radius 1 is 1.13 bits per heavy atom. The molecule has 0 fully saturated rings. The Hall–Kier alpha value is -2.69. The first-order chi connectivity index (χ1) is 14.5. The second-order valence-electron chi connectivity index (χ2n) is 7.38. The van der Waals surface area contributed by atoms with Gasteiger partial charge in [0.2, 0.25) is 10.0 Å². The van der Waals surface area contributed by atoms with Crippen LogP contribution in [0.5, 0.6) is 0 Å². The van der Waals surface area contributed by atoms with Gasteiger partial charge in [-0.05, 0) is 37.1 Å². The van der Waals surface area contributed by atoms with Crippen molar-refractivity contribution in [2.45, 2.75) is 31.7 Å². The van der Waals surface area contributed by atoms with E-state index in [1.165, 1.54) is 28.4 Å². The largest absolute Gasteiger partial charge is 0.480 e. The summed E-state index contributed by atoms with van der Waals surface area (Å²) in [6.45, 7) is 5.29. The summed E-state index contributed by atoms with van der Waals surface area (Å²) in [6, 6.07) is 9.03. The lowest BCUT2D eigenvalue weighted by atomic mass is 10.1. The molecule has 10 heteroatoms. The number of carbonyl (C=O) groups is 2. The third kappa shape index (κ3) is 4.65. The lowest BCUT2D eigenvalue weighted by Gasteiger charge is -2.18. The zero-order valence-electron chi connectivity index (χ0n) is 17.6. The van der Waals surface area contributed by atoms with Crippen molar-refractivity contribution in [3.8, 4) is 0 Å². The predicted octanol–water partition coefficient (Wildman–Crippen LogP) is 4.03. The van der Waals surface area contributed by atoms with Crippen LogP contribution in [-0.4, -0.2) is 45.3 Å². The Kier molecular flexibility index (Phi) is 6.54. The van der Waals surface area contributed by atoms with Gasteiger partial charge in [-0.3, -0.25) is 9.69 Å². The third-order valence-corrected chi connectivity index (χ3v) is 7.44. The van der Waals surface area contributed by atoms with Gasteiger partial charge in [-0.2, -0.15) is 4.72 Å². The van der Waals surface area contributed by atoms with E-state index in [9.17, 15) is 23.1 Å². The number of sulfonamides is 1. The normalized spacial score (nSPS) is 12.9. The number of aliphatic carboxylic acids is 1. The minimum absolute atomic E-state index is 0.00215. The van der Waals surface area contributed by atoms with Crippen LogP contribution >= 0.6 is 11.3 Å². The average Bonchev–Trinajstić information content (AvgIpc) is 3.08. The zero-order valence-corrected chi connectivity index (χ0v) is 19.2. The van der Waals surface area contributed by atoms with Gasteiger partial charge < -0.3 is 9.84 Å². The van der Waals surface area contributed by atoms with Crippen molar-refractivity contribution in [3.63, 3.8) is 0 Å². The maximum absolute atomic E-state index is 12.8. The molecule has 0 radical (unpaired) electrons. The van der Waals surface area contributed by atoms with E-state index >= 15 is 0 Å². The summed E-state index contributed by atoms with van der Waals surface area (Å²) < 4.78 is 34.4. The monoisotopic (exact) mass is 464 g/mol. The van der Waals surface area contributed by atoms with Crippen LogP contribution in [0.4, 0.5) is 10.5 Å². The Bertz CT molecular complexity index is 1250. The summed E-state index contributed by atoms with van der Waals surface area (Å²) in [4.78, 5) is 24.8. The number of amides is 1. The molecular formula is C21H24N2O6S2. The van der Waals surface area contributed by atoms with Crippen molar-refractivity contribution >= 4 is 59.3 Å². The van der Waals surface area contributed by atoms with E-state index in [1.54, 1.807) is 40.0 Å². The molecule has 0 aliphatic heterocycles. The number of anilines is 1. The van der Waals surface area contributed by atoms with Gasteiger partial charge in [0.25, 0.3) is 0 Å². The summed E-state index contributed by atoms with van der Waals surface area (Å²) in [5.41, 5.74) is 0.660. The van der Waals surface area contributed by atoms with Gasteiger partial charge in [-0.1, -0.05) is 26.0 Å². The van der Waals surface area contributed by atoms with Crippen LogP contribution in [0.2, 0.25) is 0 Å². The van der Waals surface area contributed by atoms with Crippen LogP contribution in [0.15, 0.2) is 41.3 Å². The fraction of sp³-hybridized carbons (Fsp3) is 0.333. The molecule has 0 bridgehead atoms. The average molecular weight is 465 g/mol. The van der Waals surface area contributed by atoms with Crippen LogP contribution in [0.3, 0.4) is 0 Å². The number of nitrogens with zero attached hydrogens (tertiary/aromatic N) is 1. The number of ether oxygens (including phenoxy) is 1. The third-order valence-electron chi connectivity index (χ3n) is 4.88. The number of rotatable bonds is 7. The Morgan fingerprint density at radius 3 is 2.32 bits per heavy atom. The van der Waals surface area contributed by atoms with Crippen LogP contribution in [0.25, 0.3) is 20.2 Å². The molecule has 1 heterocycles. The van der Waals surface area contributed by atoms with Crippen LogP contribution in [0.1, 0.15) is 20.8 Å². The van der Waals surface area contributed by atoms with Crippen molar-refractivity contribution in [1.29, 1.82) is 0 Å². The first-order valence-electron chi connectivity index (χ1n) is 9.67. The van der Waals surface area contributed by atoms with Crippen molar-refractivity contribution in [1.82, 2.24) is 4.72 Å². The summed E-state index contributed by atoms with van der Waals surface area (Å²) in [5, 5.41) is 11.1. The first-order valence-corrected chi connectivity index (χ1v) is 12.0. The summed E-state index contributed by atoms with van der Waals surface area (Å²) >= 11 is 1.39. The maximum atomic E-state index is 12.8. The maximum Gasteiger partial charge on any atom is 0.413 e. The van der Waals surface area contributed by atoms with Gasteiger partial charge in [-0.15, -0.1) is 11.3 Å². The van der Waals surface area contributed by atoms with E-state index in [1.807, 2.05) is 12.1 Å². The molecule has 2 N–H and O–H groups in total. The Morgan fingerprint density at radius 2 is 1.74 bits per heavy atom. The predicted molar refractivity (Wildman–Crippen MR) is 121 cm³/mol. The fourth-order valence-corrected chi connectivity index (χ4v) is 5.77. The van der Waals surface area contributed by atoms with Gasteiger partial charge in [0.05, 0.1) is 11.5 Å². The molecule has 0 unspecified atom stereocenters. The SMILES string of the molecule is CCOC(=O)N(C)c1ccc2c(c1)sc1cc(S(=O)(=O)N[C@H](C(=O)O)C(C)C)ccc12. The molecule has 3 aromatic rings. The number of thiophene rings is 1. The van der Waals surface area contributed by atoms with Crippen LogP contribution < -0.4 is 9.62 Å².